The van der Waals surface area contributed by atoms with E-state index in [0.29, 0.717) is 6.42 Å². The highest BCUT2D eigenvalue weighted by Gasteiger charge is 2.27. The van der Waals surface area contributed by atoms with Gasteiger partial charge in [0.25, 0.3) is 0 Å². The summed E-state index contributed by atoms with van der Waals surface area (Å²) in [5, 5.41) is 2.84. The summed E-state index contributed by atoms with van der Waals surface area (Å²) >= 11 is 0. The van der Waals surface area contributed by atoms with Gasteiger partial charge in [0, 0.05) is 17.5 Å². The van der Waals surface area contributed by atoms with Crippen LogP contribution in [0, 0.1) is 0 Å². The SMILES string of the molecule is CC(=O)C(C)(C)c1ccc2c(c1)CCC(=O)N2. The van der Waals surface area contributed by atoms with Crippen LogP contribution < -0.4 is 5.32 Å². The molecule has 0 fully saturated rings. The molecule has 0 aliphatic carbocycles. The van der Waals surface area contributed by atoms with E-state index in [9.17, 15) is 9.59 Å². The molecule has 1 heterocycles. The van der Waals surface area contributed by atoms with Crippen LogP contribution >= 0.6 is 0 Å². The number of benzene rings is 1. The number of carbonyl (C=O) groups is 2. The Bertz CT molecular complexity index is 489. The predicted molar refractivity (Wildman–Crippen MR) is 67.1 cm³/mol. The van der Waals surface area contributed by atoms with Crippen molar-refractivity contribution in [1.29, 1.82) is 0 Å². The molecular weight excluding hydrogens is 214 g/mol. The lowest BCUT2D eigenvalue weighted by atomic mass is 9.80. The number of ketones is 1. The van der Waals surface area contributed by atoms with Crippen LogP contribution in [0.15, 0.2) is 18.2 Å². The first-order chi connectivity index (χ1) is 7.91. The van der Waals surface area contributed by atoms with Gasteiger partial charge in [0.1, 0.15) is 5.78 Å². The Labute approximate surface area is 101 Å². The maximum absolute atomic E-state index is 11.6. The zero-order chi connectivity index (χ0) is 12.6. The van der Waals surface area contributed by atoms with Gasteiger partial charge in [0.15, 0.2) is 0 Å². The number of hydrogen-bond acceptors (Lipinski definition) is 2. The van der Waals surface area contributed by atoms with Crippen LogP contribution in [0.25, 0.3) is 0 Å². The zero-order valence-electron chi connectivity index (χ0n) is 10.5. The average Bonchev–Trinajstić information content (AvgIpc) is 2.28. The number of anilines is 1. The van der Waals surface area contributed by atoms with E-state index in [2.05, 4.69) is 5.32 Å². The van der Waals surface area contributed by atoms with Crippen molar-refractivity contribution < 1.29 is 9.59 Å². The summed E-state index contributed by atoms with van der Waals surface area (Å²) in [5.41, 5.74) is 2.55. The molecule has 0 unspecified atom stereocenters. The molecule has 17 heavy (non-hydrogen) atoms. The molecule has 3 heteroatoms. The lowest BCUT2D eigenvalue weighted by Crippen LogP contribution is -2.27. The number of aryl methyl sites for hydroxylation is 1. The predicted octanol–water partition coefficient (Wildman–Crippen LogP) is 2.44. The summed E-state index contributed by atoms with van der Waals surface area (Å²) in [6, 6.07) is 5.86. The molecule has 0 spiro atoms. The van der Waals surface area contributed by atoms with Gasteiger partial charge >= 0.3 is 0 Å². The molecule has 0 bridgehead atoms. The molecule has 0 saturated carbocycles. The topological polar surface area (TPSA) is 46.2 Å². The van der Waals surface area contributed by atoms with E-state index in [0.717, 1.165) is 23.2 Å². The van der Waals surface area contributed by atoms with E-state index in [1.165, 1.54) is 0 Å². The minimum Gasteiger partial charge on any atom is -0.326 e. The lowest BCUT2D eigenvalue weighted by molar-refractivity contribution is -0.121. The first kappa shape index (κ1) is 11.8. The third-order valence-electron chi connectivity index (χ3n) is 3.60. The van der Waals surface area contributed by atoms with Crippen molar-refractivity contribution >= 4 is 17.4 Å². The molecule has 0 atom stereocenters. The molecular formula is C14H17NO2. The number of rotatable bonds is 2. The maximum atomic E-state index is 11.6. The van der Waals surface area contributed by atoms with Gasteiger partial charge in [-0.3, -0.25) is 9.59 Å². The quantitative estimate of drug-likeness (QED) is 0.849. The second-order valence-electron chi connectivity index (χ2n) is 5.10. The van der Waals surface area contributed by atoms with Crippen molar-refractivity contribution in [3.63, 3.8) is 0 Å². The van der Waals surface area contributed by atoms with Crippen LogP contribution in [0.5, 0.6) is 0 Å². The number of fused-ring (bicyclic) bond motifs is 1. The van der Waals surface area contributed by atoms with E-state index in [4.69, 9.17) is 0 Å². The smallest absolute Gasteiger partial charge is 0.224 e. The second kappa shape index (κ2) is 3.99. The van der Waals surface area contributed by atoms with Crippen LogP contribution in [-0.4, -0.2) is 11.7 Å². The fraction of sp³-hybridized carbons (Fsp3) is 0.429. The fourth-order valence-corrected chi connectivity index (χ4v) is 1.98. The number of nitrogens with one attached hydrogen (secondary N) is 1. The molecule has 1 N–H and O–H groups in total. The van der Waals surface area contributed by atoms with Gasteiger partial charge in [0.05, 0.1) is 0 Å². The van der Waals surface area contributed by atoms with Crippen molar-refractivity contribution in [2.75, 3.05) is 5.32 Å². The molecule has 0 radical (unpaired) electrons. The largest absolute Gasteiger partial charge is 0.326 e. The first-order valence-electron chi connectivity index (χ1n) is 5.85. The summed E-state index contributed by atoms with van der Waals surface area (Å²) < 4.78 is 0. The first-order valence-corrected chi connectivity index (χ1v) is 5.85. The monoisotopic (exact) mass is 231 g/mol. The van der Waals surface area contributed by atoms with Crippen molar-refractivity contribution in [3.8, 4) is 0 Å². The van der Waals surface area contributed by atoms with Gasteiger partial charge in [-0.15, -0.1) is 0 Å². The third-order valence-corrected chi connectivity index (χ3v) is 3.60. The Morgan fingerprint density at radius 1 is 1.29 bits per heavy atom. The zero-order valence-corrected chi connectivity index (χ0v) is 10.5. The molecule has 1 amide bonds. The van der Waals surface area contributed by atoms with E-state index < -0.39 is 5.41 Å². The Morgan fingerprint density at radius 3 is 2.65 bits per heavy atom. The minimum atomic E-state index is -0.462. The lowest BCUT2D eigenvalue weighted by Gasteiger charge is -2.25. The van der Waals surface area contributed by atoms with E-state index in [1.807, 2.05) is 32.0 Å². The molecule has 0 aromatic heterocycles. The van der Waals surface area contributed by atoms with Crippen LogP contribution in [0.3, 0.4) is 0 Å². The minimum absolute atomic E-state index is 0.0658. The Hall–Kier alpha value is -1.64. The molecule has 1 aromatic carbocycles. The van der Waals surface area contributed by atoms with Crippen LogP contribution in [-0.2, 0) is 21.4 Å². The van der Waals surface area contributed by atoms with Crippen molar-refractivity contribution in [3.05, 3.63) is 29.3 Å². The van der Waals surface area contributed by atoms with Gasteiger partial charge in [-0.05, 0) is 44.4 Å². The standard InChI is InChI=1S/C14H17NO2/c1-9(16)14(2,3)11-5-6-12-10(8-11)4-7-13(17)15-12/h5-6,8H,4,7H2,1-3H3,(H,15,17). The second-order valence-corrected chi connectivity index (χ2v) is 5.10. The summed E-state index contributed by atoms with van der Waals surface area (Å²) in [6.07, 6.45) is 1.28. The molecule has 0 saturated heterocycles. The Balaban J connectivity index is 2.41. The fourth-order valence-electron chi connectivity index (χ4n) is 1.98. The summed E-state index contributed by atoms with van der Waals surface area (Å²) in [4.78, 5) is 22.9. The number of Topliss-reactive ketones (excluding diaryl/α,β-unsaturated/α-hetero) is 1. The van der Waals surface area contributed by atoms with Crippen LogP contribution in [0.1, 0.15) is 38.3 Å². The van der Waals surface area contributed by atoms with Gasteiger partial charge < -0.3 is 5.32 Å². The van der Waals surface area contributed by atoms with Gasteiger partial charge in [-0.25, -0.2) is 0 Å². The van der Waals surface area contributed by atoms with Crippen molar-refractivity contribution in [1.82, 2.24) is 0 Å². The number of amides is 1. The highest BCUT2D eigenvalue weighted by molar-refractivity contribution is 5.94. The van der Waals surface area contributed by atoms with Crippen molar-refractivity contribution in [2.24, 2.45) is 0 Å². The Kier molecular flexibility index (Phi) is 2.77. The van der Waals surface area contributed by atoms with Gasteiger partial charge in [-0.2, -0.15) is 0 Å². The maximum Gasteiger partial charge on any atom is 0.224 e. The number of hydrogen-bond donors (Lipinski definition) is 1. The van der Waals surface area contributed by atoms with Crippen LogP contribution in [0.2, 0.25) is 0 Å². The summed E-state index contributed by atoms with van der Waals surface area (Å²) in [5.74, 6) is 0.216. The Morgan fingerprint density at radius 2 is 2.00 bits per heavy atom. The van der Waals surface area contributed by atoms with E-state index in [-0.39, 0.29) is 11.7 Å². The van der Waals surface area contributed by atoms with E-state index >= 15 is 0 Å². The number of carbonyl (C=O) groups excluding carboxylic acids is 2. The third kappa shape index (κ3) is 2.09. The van der Waals surface area contributed by atoms with E-state index in [1.54, 1.807) is 6.92 Å². The highest BCUT2D eigenvalue weighted by atomic mass is 16.1. The molecule has 1 aliphatic rings. The summed E-state index contributed by atoms with van der Waals surface area (Å²) in [6.45, 7) is 5.47. The average molecular weight is 231 g/mol. The molecule has 90 valence electrons. The molecule has 3 nitrogen and oxygen atoms in total. The normalized spacial score (nSPS) is 15.1. The molecule has 2 rings (SSSR count). The van der Waals surface area contributed by atoms with Gasteiger partial charge in [0.2, 0.25) is 5.91 Å². The molecule has 1 aromatic rings. The molecule has 1 aliphatic heterocycles. The van der Waals surface area contributed by atoms with Crippen LogP contribution in [0.4, 0.5) is 5.69 Å². The summed E-state index contributed by atoms with van der Waals surface area (Å²) in [7, 11) is 0. The van der Waals surface area contributed by atoms with Gasteiger partial charge in [-0.1, -0.05) is 12.1 Å². The van der Waals surface area contributed by atoms with Crippen molar-refractivity contribution in [2.45, 2.75) is 39.0 Å². The highest BCUT2D eigenvalue weighted by Crippen LogP contribution is 2.30.